The maximum absolute atomic E-state index is 13.7. The van der Waals surface area contributed by atoms with E-state index in [1.165, 1.54) is 6.07 Å². The summed E-state index contributed by atoms with van der Waals surface area (Å²) in [6.45, 7) is 8.94. The minimum atomic E-state index is -4.43. The van der Waals surface area contributed by atoms with Crippen LogP contribution in [-0.4, -0.2) is 78.2 Å². The van der Waals surface area contributed by atoms with E-state index in [9.17, 15) is 27.6 Å². The van der Waals surface area contributed by atoms with Crippen molar-refractivity contribution in [2.75, 3.05) is 44.2 Å². The number of nitrogens with zero attached hydrogens (tertiary/aromatic N) is 3. The van der Waals surface area contributed by atoms with Crippen molar-refractivity contribution in [3.8, 4) is 0 Å². The number of hydrogen-bond donors (Lipinski definition) is 0. The van der Waals surface area contributed by atoms with Gasteiger partial charge in [0.15, 0.2) is 0 Å². The topological polar surface area (TPSA) is 79.4 Å². The highest BCUT2D eigenvalue weighted by atomic mass is 19.4. The van der Waals surface area contributed by atoms with E-state index in [2.05, 4.69) is 0 Å². The fourth-order valence-corrected chi connectivity index (χ4v) is 5.28. The zero-order chi connectivity index (χ0) is 27.9. The van der Waals surface area contributed by atoms with E-state index in [1.807, 2.05) is 4.90 Å². The number of piperazine rings is 1. The van der Waals surface area contributed by atoms with Gasteiger partial charge in [-0.05, 0) is 58.7 Å². The Morgan fingerprint density at radius 2 is 1.66 bits per heavy atom. The average Bonchev–Trinajstić information content (AvgIpc) is 2.96. The van der Waals surface area contributed by atoms with Gasteiger partial charge >= 0.3 is 18.2 Å². The molecule has 2 fully saturated rings. The Morgan fingerprint density at radius 3 is 2.29 bits per heavy atom. The Balaban J connectivity index is 1.46. The molecule has 208 valence electrons. The summed E-state index contributed by atoms with van der Waals surface area (Å²) in [5.41, 5.74) is -1.44. The predicted octanol–water partition coefficient (Wildman–Crippen LogP) is 4.39. The van der Waals surface area contributed by atoms with E-state index in [0.717, 1.165) is 12.1 Å². The Bertz CT molecular complexity index is 1140. The molecule has 3 heterocycles. The molecule has 1 unspecified atom stereocenters. The summed E-state index contributed by atoms with van der Waals surface area (Å²) in [5.74, 6) is -0.843. The number of halogens is 3. The maximum atomic E-state index is 13.7. The van der Waals surface area contributed by atoms with E-state index >= 15 is 0 Å². The van der Waals surface area contributed by atoms with Gasteiger partial charge in [-0.2, -0.15) is 13.2 Å². The van der Waals surface area contributed by atoms with Gasteiger partial charge in [0.2, 0.25) is 0 Å². The zero-order valence-corrected chi connectivity index (χ0v) is 22.2. The fraction of sp³-hybridized carbons (Fsp3) is 0.593. The lowest BCUT2D eigenvalue weighted by Gasteiger charge is -2.38. The number of hydrogen-bond acceptors (Lipinski definition) is 6. The molecule has 8 nitrogen and oxygen atoms in total. The molecule has 38 heavy (non-hydrogen) atoms. The van der Waals surface area contributed by atoms with Crippen LogP contribution in [-0.2, 0) is 25.2 Å². The molecule has 0 aliphatic carbocycles. The molecule has 1 aromatic rings. The summed E-state index contributed by atoms with van der Waals surface area (Å²) >= 11 is 0. The zero-order valence-electron chi connectivity index (χ0n) is 22.2. The summed E-state index contributed by atoms with van der Waals surface area (Å²) in [7, 11) is 0. The first-order chi connectivity index (χ1) is 17.7. The number of anilines is 1. The highest BCUT2D eigenvalue weighted by Crippen LogP contribution is 2.42. The van der Waals surface area contributed by atoms with E-state index < -0.39 is 35.0 Å². The van der Waals surface area contributed by atoms with Gasteiger partial charge in [0.25, 0.3) is 5.91 Å². The molecule has 0 N–H and O–H groups in total. The van der Waals surface area contributed by atoms with Crippen LogP contribution in [0.4, 0.5) is 23.7 Å². The van der Waals surface area contributed by atoms with Crippen molar-refractivity contribution in [3.63, 3.8) is 0 Å². The normalized spacial score (nSPS) is 23.0. The second-order valence-electron chi connectivity index (χ2n) is 11.0. The monoisotopic (exact) mass is 537 g/mol. The third-order valence-electron chi connectivity index (χ3n) is 7.19. The molecule has 0 radical (unpaired) electrons. The Morgan fingerprint density at radius 1 is 0.974 bits per heavy atom. The van der Waals surface area contributed by atoms with Gasteiger partial charge in [-0.3, -0.25) is 4.79 Å². The van der Waals surface area contributed by atoms with Crippen molar-refractivity contribution in [1.29, 1.82) is 0 Å². The van der Waals surface area contributed by atoms with Crippen molar-refractivity contribution in [1.82, 2.24) is 9.80 Å². The lowest BCUT2D eigenvalue weighted by atomic mass is 9.84. The minimum absolute atomic E-state index is 0.265. The van der Waals surface area contributed by atoms with Crippen molar-refractivity contribution in [2.24, 2.45) is 0 Å². The van der Waals surface area contributed by atoms with Gasteiger partial charge in [0, 0.05) is 56.9 Å². The highest BCUT2D eigenvalue weighted by Gasteiger charge is 2.51. The van der Waals surface area contributed by atoms with E-state index in [4.69, 9.17) is 9.47 Å². The van der Waals surface area contributed by atoms with Crippen molar-refractivity contribution >= 4 is 23.7 Å². The maximum Gasteiger partial charge on any atom is 0.416 e. The first kappa shape index (κ1) is 27.8. The standard InChI is InChI=1S/C27H34F3N3O5/c1-18-21(26(37-23(18)35)9-6-11-33(12-10-26)24(36)38-25(2,3)4)22(34)32-15-13-31(14-16-32)20-8-5-7-19(17-20)27(28,29)30/h5,7-8,17H,6,9-16H2,1-4H3. The molecule has 0 bridgehead atoms. The van der Waals surface area contributed by atoms with Gasteiger partial charge < -0.3 is 24.2 Å². The molecule has 2 amide bonds. The quantitative estimate of drug-likeness (QED) is 0.521. The van der Waals surface area contributed by atoms with Gasteiger partial charge in [0.05, 0.1) is 11.1 Å². The van der Waals surface area contributed by atoms with Crippen molar-refractivity contribution < 1.29 is 37.0 Å². The second-order valence-corrected chi connectivity index (χ2v) is 11.0. The third kappa shape index (κ3) is 5.76. The van der Waals surface area contributed by atoms with Gasteiger partial charge in [0.1, 0.15) is 11.2 Å². The lowest BCUT2D eigenvalue weighted by molar-refractivity contribution is -0.148. The predicted molar refractivity (Wildman–Crippen MR) is 133 cm³/mol. The van der Waals surface area contributed by atoms with E-state index in [-0.39, 0.29) is 24.4 Å². The second kappa shape index (κ2) is 10.1. The fourth-order valence-electron chi connectivity index (χ4n) is 5.28. The SMILES string of the molecule is CC1=C(C(=O)N2CCN(c3cccc(C(F)(F)F)c3)CC2)C2(CCCN(C(=O)OC(C)(C)C)CC2)OC1=O. The van der Waals surface area contributed by atoms with Crippen LogP contribution in [0.2, 0.25) is 0 Å². The highest BCUT2D eigenvalue weighted by molar-refractivity contribution is 6.07. The molecule has 1 aromatic carbocycles. The van der Waals surface area contributed by atoms with Crippen LogP contribution in [0.15, 0.2) is 35.4 Å². The first-order valence-electron chi connectivity index (χ1n) is 12.8. The Kier molecular flexibility index (Phi) is 7.42. The molecule has 3 aliphatic heterocycles. The number of benzene rings is 1. The van der Waals surface area contributed by atoms with Gasteiger partial charge in [-0.15, -0.1) is 0 Å². The van der Waals surface area contributed by atoms with Gasteiger partial charge in [-0.1, -0.05) is 6.07 Å². The average molecular weight is 538 g/mol. The molecule has 3 aliphatic rings. The number of alkyl halides is 3. The summed E-state index contributed by atoms with van der Waals surface area (Å²) < 4.78 is 50.7. The Hall–Kier alpha value is -3.24. The smallest absolute Gasteiger partial charge is 0.416 e. The molecule has 1 atom stereocenters. The molecule has 4 rings (SSSR count). The minimum Gasteiger partial charge on any atom is -0.451 e. The van der Waals surface area contributed by atoms with Crippen LogP contribution in [0.25, 0.3) is 0 Å². The number of carbonyl (C=O) groups is 3. The van der Waals surface area contributed by atoms with Crippen molar-refractivity contribution in [3.05, 3.63) is 41.0 Å². The Labute approximate surface area is 220 Å². The van der Waals surface area contributed by atoms with Crippen LogP contribution in [0, 0.1) is 0 Å². The molecule has 0 aromatic heterocycles. The number of amides is 2. The van der Waals surface area contributed by atoms with Crippen LogP contribution in [0.1, 0.15) is 52.5 Å². The van der Waals surface area contributed by atoms with Crippen LogP contribution < -0.4 is 4.90 Å². The lowest BCUT2D eigenvalue weighted by Crippen LogP contribution is -2.51. The van der Waals surface area contributed by atoms with Crippen LogP contribution >= 0.6 is 0 Å². The van der Waals surface area contributed by atoms with Crippen LogP contribution in [0.5, 0.6) is 0 Å². The largest absolute Gasteiger partial charge is 0.451 e. The van der Waals surface area contributed by atoms with Crippen LogP contribution in [0.3, 0.4) is 0 Å². The third-order valence-corrected chi connectivity index (χ3v) is 7.19. The summed E-state index contributed by atoms with van der Waals surface area (Å²) in [6.07, 6.45) is -3.67. The first-order valence-corrected chi connectivity index (χ1v) is 12.8. The van der Waals surface area contributed by atoms with E-state index in [0.29, 0.717) is 56.8 Å². The number of ether oxygens (including phenoxy) is 2. The molecular weight excluding hydrogens is 503 g/mol. The number of likely N-dealkylation sites (tertiary alicyclic amines) is 1. The molecular formula is C27H34F3N3O5. The summed E-state index contributed by atoms with van der Waals surface area (Å²) in [5, 5.41) is 0. The van der Waals surface area contributed by atoms with Gasteiger partial charge in [-0.25, -0.2) is 9.59 Å². The number of carbonyl (C=O) groups excluding carboxylic acids is 3. The summed E-state index contributed by atoms with van der Waals surface area (Å²) in [6, 6.07) is 5.15. The van der Waals surface area contributed by atoms with Crippen molar-refractivity contribution in [2.45, 2.75) is 64.3 Å². The molecule has 1 spiro atoms. The summed E-state index contributed by atoms with van der Waals surface area (Å²) in [4.78, 5) is 44.0. The molecule has 0 saturated carbocycles. The number of rotatable bonds is 2. The number of esters is 1. The molecule has 11 heteroatoms. The molecule has 2 saturated heterocycles. The van der Waals surface area contributed by atoms with E-state index in [1.54, 1.807) is 43.6 Å².